The molecule has 119 heavy (non-hydrogen) atoms. The summed E-state index contributed by atoms with van der Waals surface area (Å²) in [5.74, 6) is -5.94. The Morgan fingerprint density at radius 1 is 0.395 bits per heavy atom. The van der Waals surface area contributed by atoms with Crippen LogP contribution in [0.4, 0.5) is 60.9 Å². The minimum Gasteiger partial charge on any atom is -0.497 e. The molecular weight excluding hydrogens is 1550 g/mol. The van der Waals surface area contributed by atoms with Crippen molar-refractivity contribution < 1.29 is 81.3 Å². The molecule has 0 amide bonds. The van der Waals surface area contributed by atoms with E-state index in [0.29, 0.717) is 112 Å². The van der Waals surface area contributed by atoms with Crippen molar-refractivity contribution in [2.45, 2.75) is 76.0 Å². The van der Waals surface area contributed by atoms with E-state index in [4.69, 9.17) is 55.0 Å². The van der Waals surface area contributed by atoms with Crippen LogP contribution in [0, 0.1) is 20.8 Å². The van der Waals surface area contributed by atoms with E-state index in [2.05, 4.69) is 81.4 Å². The molecule has 3 aliphatic heterocycles. The summed E-state index contributed by atoms with van der Waals surface area (Å²) < 4.78 is 218. The fourth-order valence-electron chi connectivity index (χ4n) is 13.3. The molecule has 3 saturated heterocycles. The molecule has 3 atom stereocenters. The van der Waals surface area contributed by atoms with E-state index in [-0.39, 0.29) is 77.2 Å². The summed E-state index contributed by atoms with van der Waals surface area (Å²) in [6, 6.07) is 35.9. The Labute approximate surface area is 688 Å². The molecule has 0 aliphatic carbocycles. The predicted molar refractivity (Wildman–Crippen MR) is 431 cm³/mol. The van der Waals surface area contributed by atoms with E-state index in [1.165, 1.54) is 77.5 Å². The largest absolute Gasteiger partial charge is 0.497 e. The average molecular weight is 1640 g/mol. The SMILES string of the molecule is [2H]C([2H])([2H])N1CCC([2H])(Oc2cc(OC)cc3ncnc(Nc4ccc(Oc5ccn6ncnc6c5)c(C)c4)c23)C(F)(F)C1.[2H]C([2H])([2H])N1CCC([2H])(Oc2cc(OC)cc3ncnc(Nc4ccc(Oc5ccn6ncnc6c5)c(C)c4)c23)C(F)(F)C1.[2H]C1(Oc2cc(OC)cc3ncnc(Nc4ccc(Oc5ccn6ncnc6c5)c(C)c4)c23)CCNCC1(F)F. The van der Waals surface area contributed by atoms with Crippen LogP contribution in [-0.4, -0.2) is 194 Å². The fraction of sp³-hybridized carbons (Fsp3) is 0.277. The van der Waals surface area contributed by atoms with Gasteiger partial charge in [0, 0.05) is 131 Å². The number of aromatic nitrogens is 15. The molecule has 6 aromatic carbocycles. The first kappa shape index (κ1) is 68.5. The number of nitrogens with one attached hydrogen (secondary N) is 4. The van der Waals surface area contributed by atoms with Gasteiger partial charge in [-0.1, -0.05) is 0 Å². The Morgan fingerprint density at radius 3 is 1.05 bits per heavy atom. The standard InChI is InChI=1S/2C28H27F2N7O3.C27H25F2N7O3/c2*1-17-10-18(4-5-22(17)39-19-6-9-37-25(13-19)32-16-34-37)35-27-26-21(31-15-33-27)11-20(38-3)12-23(26)40-24-7-8-36(2)14-28(24,29)30;1-16-9-17(3-4-21(16)38-18-6-8-36-24(12-18)32-15-34-36)35-26-25-20(31-14-33-26)10-19(37-2)11-22(25)39-23-5-7-30-13-27(23,28)29/h2*4-6,9-13,15-16,24H,7-8,14H2,1-3H3,(H,31,33,35);3-4,6,8-12,14-15,23,30H,5,7,13H2,1-2H3,(H,31,33,35)/i2*2D3,24D;23D. The van der Waals surface area contributed by atoms with E-state index < -0.39 is 82.4 Å². The summed E-state index contributed by atoms with van der Waals surface area (Å²) >= 11 is 0. The number of anilines is 6. The first-order chi connectivity index (χ1) is 60.9. The molecule has 612 valence electrons. The highest BCUT2D eigenvalue weighted by Crippen LogP contribution is 2.45. The monoisotopic (exact) mass is 1640 g/mol. The van der Waals surface area contributed by atoms with Gasteiger partial charge in [-0.15, -0.1) is 0 Å². The average Bonchev–Trinajstić information content (AvgIpc) is 0.746. The number of rotatable bonds is 21. The zero-order chi connectivity index (χ0) is 90.5. The van der Waals surface area contributed by atoms with E-state index >= 15 is 17.6 Å². The van der Waals surface area contributed by atoms with Crippen LogP contribution in [-0.2, 0) is 0 Å². The summed E-state index contributed by atoms with van der Waals surface area (Å²) in [6.45, 7) is -3.10. The number of hydrogen-bond donors (Lipinski definition) is 4. The molecule has 15 aromatic rings. The highest BCUT2D eigenvalue weighted by molar-refractivity contribution is 5.99. The number of hydrogen-bond acceptors (Lipinski definition) is 27. The number of ether oxygens (including phenoxy) is 9. The number of pyridine rings is 3. The lowest BCUT2D eigenvalue weighted by atomic mass is 10.0. The Kier molecular flexibility index (Phi) is 19.3. The second-order valence-electron chi connectivity index (χ2n) is 27.6. The van der Waals surface area contributed by atoms with E-state index in [1.807, 2.05) is 51.1 Å². The highest BCUT2D eigenvalue weighted by Gasteiger charge is 2.48. The van der Waals surface area contributed by atoms with Crippen LogP contribution in [0.5, 0.6) is 69.0 Å². The molecule has 0 bridgehead atoms. The Bertz CT molecular complexity index is 6410. The van der Waals surface area contributed by atoms with Crippen LogP contribution in [0.25, 0.3) is 49.7 Å². The number of piperidine rings is 3. The zero-order valence-electron chi connectivity index (χ0n) is 73.2. The molecule has 18 rings (SSSR count). The lowest BCUT2D eigenvalue weighted by Crippen LogP contribution is -2.52. The number of halogens is 6. The molecule has 9 aromatic heterocycles. The number of fused-ring (bicyclic) bond motifs is 6. The lowest BCUT2D eigenvalue weighted by molar-refractivity contribution is -0.135. The highest BCUT2D eigenvalue weighted by atomic mass is 19.3. The van der Waals surface area contributed by atoms with Crippen molar-refractivity contribution in [3.63, 3.8) is 0 Å². The first-order valence-electron chi connectivity index (χ1n) is 41.4. The van der Waals surface area contributed by atoms with Gasteiger partial charge in [-0.25, -0.2) is 84.7 Å². The number of nitrogens with zero attached hydrogens (tertiary/aromatic N) is 17. The van der Waals surface area contributed by atoms with Gasteiger partial charge in [-0.2, -0.15) is 15.3 Å². The van der Waals surface area contributed by atoms with Crippen LogP contribution in [0.2, 0.25) is 0 Å². The number of alkyl halides is 6. The molecule has 36 heteroatoms. The Balaban J connectivity index is 0.000000141. The summed E-state index contributed by atoms with van der Waals surface area (Å²) in [5.41, 5.74) is 7.31. The van der Waals surface area contributed by atoms with Gasteiger partial charge >= 0.3 is 0 Å². The quantitative estimate of drug-likeness (QED) is 0.0486. The molecule has 30 nitrogen and oxygen atoms in total. The zero-order valence-corrected chi connectivity index (χ0v) is 64.2. The van der Waals surface area contributed by atoms with Crippen molar-refractivity contribution in [2.75, 3.05) is 90.5 Å². The Hall–Kier alpha value is -13.7. The van der Waals surface area contributed by atoms with Crippen LogP contribution in [0.15, 0.2) is 184 Å². The molecule has 3 aliphatic rings. The van der Waals surface area contributed by atoms with Gasteiger partial charge in [0.15, 0.2) is 35.2 Å². The minimum absolute atomic E-state index is 0.0228. The van der Waals surface area contributed by atoms with Gasteiger partial charge in [-0.05, 0) is 131 Å². The smallest absolute Gasteiger partial charge is 0.296 e. The van der Waals surface area contributed by atoms with Crippen molar-refractivity contribution in [3.8, 4) is 69.0 Å². The maximum atomic E-state index is 15.3. The van der Waals surface area contributed by atoms with Crippen molar-refractivity contribution in [3.05, 3.63) is 201 Å². The number of likely N-dealkylation sites (tertiary alicyclic amines) is 2. The number of aryl methyl sites for hydroxylation is 3. The first-order valence-corrected chi connectivity index (χ1v) is 36.9. The van der Waals surface area contributed by atoms with Crippen molar-refractivity contribution in [1.82, 2.24) is 88.8 Å². The molecule has 4 N–H and O–H groups in total. The van der Waals surface area contributed by atoms with Crippen LogP contribution in [0.1, 0.15) is 48.3 Å². The van der Waals surface area contributed by atoms with Gasteiger partial charge in [0.25, 0.3) is 17.8 Å². The summed E-state index contributed by atoms with van der Waals surface area (Å²) in [5, 5.41) is 25.3. The molecule has 0 radical (unpaired) electrons. The third-order valence-corrected chi connectivity index (χ3v) is 19.3. The lowest BCUT2D eigenvalue weighted by Gasteiger charge is -2.36. The van der Waals surface area contributed by atoms with Crippen molar-refractivity contribution in [2.24, 2.45) is 0 Å². The summed E-state index contributed by atoms with van der Waals surface area (Å²) in [4.78, 5) is 39.7. The molecule has 0 saturated carbocycles. The molecule has 3 fully saturated rings. The molecule has 0 spiro atoms. The van der Waals surface area contributed by atoms with Gasteiger partial charge in [0.2, 0.25) is 0 Å². The summed E-state index contributed by atoms with van der Waals surface area (Å²) in [6.07, 6.45) is 4.26. The molecule has 3 unspecified atom stereocenters. The van der Waals surface area contributed by atoms with Crippen LogP contribution >= 0.6 is 0 Å². The van der Waals surface area contributed by atoms with Crippen molar-refractivity contribution in [1.29, 1.82) is 0 Å². The van der Waals surface area contributed by atoms with E-state index in [0.717, 1.165) is 16.7 Å². The van der Waals surface area contributed by atoms with Crippen molar-refractivity contribution >= 4 is 84.2 Å². The number of methoxy groups -OCH3 is 3. The van der Waals surface area contributed by atoms with Crippen LogP contribution in [0.3, 0.4) is 0 Å². The van der Waals surface area contributed by atoms with Gasteiger partial charge in [-0.3, -0.25) is 0 Å². The van der Waals surface area contributed by atoms with Gasteiger partial charge < -0.3 is 73.7 Å². The summed E-state index contributed by atoms with van der Waals surface area (Å²) in [7, 11) is 4.26. The fourth-order valence-corrected chi connectivity index (χ4v) is 13.3. The topological polar surface area (TPSA) is 306 Å². The van der Waals surface area contributed by atoms with E-state index in [1.54, 1.807) is 111 Å². The second kappa shape index (κ2) is 33.5. The normalized spacial score (nSPS) is 20.2. The Morgan fingerprint density at radius 2 is 0.739 bits per heavy atom. The molecular formula is C83H79F6N21O9. The van der Waals surface area contributed by atoms with E-state index in [9.17, 15) is 8.78 Å². The van der Waals surface area contributed by atoms with Crippen LogP contribution < -0.4 is 63.9 Å². The van der Waals surface area contributed by atoms with Gasteiger partial charge in [0.05, 0.1) is 77.8 Å². The van der Waals surface area contributed by atoms with Gasteiger partial charge in [0.1, 0.15) is 124 Å². The maximum absolute atomic E-state index is 15.3. The number of benzene rings is 6. The minimum atomic E-state index is -3.82. The molecule has 12 heterocycles. The maximum Gasteiger partial charge on any atom is 0.296 e. The second-order valence-corrected chi connectivity index (χ2v) is 27.6. The predicted octanol–water partition coefficient (Wildman–Crippen LogP) is 15.4. The third kappa shape index (κ3) is 17.7. The third-order valence-electron chi connectivity index (χ3n) is 19.3.